The Morgan fingerprint density at radius 1 is 1.14 bits per heavy atom. The van der Waals surface area contributed by atoms with E-state index < -0.39 is 10.0 Å². The summed E-state index contributed by atoms with van der Waals surface area (Å²) in [4.78, 5) is 12.1. The summed E-state index contributed by atoms with van der Waals surface area (Å²) in [5.41, 5.74) is 1.79. The first-order chi connectivity index (χ1) is 9.90. The van der Waals surface area contributed by atoms with Gasteiger partial charge in [-0.05, 0) is 42.0 Å². The summed E-state index contributed by atoms with van der Waals surface area (Å²) in [5.74, 6) is 0.0230. The molecule has 0 heterocycles. The Kier molecular flexibility index (Phi) is 4.62. The first-order valence-electron chi connectivity index (χ1n) is 5.99. The molecule has 0 atom stereocenters. The van der Waals surface area contributed by atoms with E-state index in [0.717, 1.165) is 5.56 Å². The fraction of sp³-hybridized carbons (Fsp3) is 0.0714. The average Bonchev–Trinajstić information content (AvgIpc) is 2.47. The van der Waals surface area contributed by atoms with Crippen LogP contribution in [0, 0.1) is 0 Å². The molecule has 110 valence electrons. The number of hydrogen-bond acceptors (Lipinski definition) is 3. The van der Waals surface area contributed by atoms with Crippen molar-refractivity contribution in [2.45, 2.75) is 10.8 Å². The average molecular weight is 325 g/mol. The second-order valence-electron chi connectivity index (χ2n) is 4.36. The fourth-order valence-electron chi connectivity index (χ4n) is 1.73. The zero-order valence-electron chi connectivity index (χ0n) is 10.9. The van der Waals surface area contributed by atoms with Crippen molar-refractivity contribution in [3.63, 3.8) is 0 Å². The van der Waals surface area contributed by atoms with Gasteiger partial charge in [-0.3, -0.25) is 4.79 Å². The molecule has 2 aromatic rings. The Morgan fingerprint density at radius 2 is 1.81 bits per heavy atom. The van der Waals surface area contributed by atoms with Crippen molar-refractivity contribution in [2.75, 3.05) is 5.32 Å². The van der Waals surface area contributed by atoms with Crippen molar-refractivity contribution in [1.82, 2.24) is 0 Å². The summed E-state index contributed by atoms with van der Waals surface area (Å²) in [6.45, 7) is 0. The highest BCUT2D eigenvalue weighted by atomic mass is 35.5. The highest BCUT2D eigenvalue weighted by Gasteiger charge is 2.09. The van der Waals surface area contributed by atoms with E-state index in [9.17, 15) is 13.2 Å². The number of nitrogens with one attached hydrogen (secondary N) is 1. The lowest BCUT2D eigenvalue weighted by Crippen LogP contribution is -2.14. The molecule has 0 aromatic heterocycles. The summed E-state index contributed by atoms with van der Waals surface area (Å²) >= 11 is 5.72. The molecular formula is C14H13ClN2O3S. The molecule has 0 saturated carbocycles. The van der Waals surface area contributed by atoms with Crippen LogP contribution in [0.25, 0.3) is 0 Å². The maximum absolute atomic E-state index is 12.1. The van der Waals surface area contributed by atoms with E-state index in [-0.39, 0.29) is 10.8 Å². The lowest BCUT2D eigenvalue weighted by atomic mass is 10.1. The van der Waals surface area contributed by atoms with Crippen LogP contribution in [0.5, 0.6) is 0 Å². The third-order valence-corrected chi connectivity index (χ3v) is 4.02. The summed E-state index contributed by atoms with van der Waals surface area (Å²) in [6.07, 6.45) is 0. The molecule has 1 amide bonds. The number of hydrogen-bond donors (Lipinski definition) is 2. The van der Waals surface area contributed by atoms with Gasteiger partial charge in [0.1, 0.15) is 0 Å². The van der Waals surface area contributed by atoms with Gasteiger partial charge in [0.2, 0.25) is 10.0 Å². The number of anilines is 1. The van der Waals surface area contributed by atoms with Crippen molar-refractivity contribution < 1.29 is 13.2 Å². The van der Waals surface area contributed by atoms with Gasteiger partial charge in [-0.25, -0.2) is 13.6 Å². The van der Waals surface area contributed by atoms with E-state index >= 15 is 0 Å². The zero-order chi connectivity index (χ0) is 15.5. The highest BCUT2D eigenvalue weighted by molar-refractivity contribution is 7.89. The van der Waals surface area contributed by atoms with Crippen molar-refractivity contribution >= 4 is 33.2 Å². The molecule has 7 heteroatoms. The van der Waals surface area contributed by atoms with Crippen LogP contribution >= 0.6 is 11.6 Å². The molecule has 0 aliphatic heterocycles. The van der Waals surface area contributed by atoms with Crippen LogP contribution in [-0.2, 0) is 15.9 Å². The minimum Gasteiger partial charge on any atom is -0.322 e. The highest BCUT2D eigenvalue weighted by Crippen LogP contribution is 2.15. The van der Waals surface area contributed by atoms with E-state index in [1.807, 2.05) is 6.07 Å². The fourth-order valence-corrected chi connectivity index (χ4v) is 2.41. The van der Waals surface area contributed by atoms with Gasteiger partial charge in [-0.2, -0.15) is 0 Å². The summed E-state index contributed by atoms with van der Waals surface area (Å²) in [6, 6.07) is 12.6. The largest absolute Gasteiger partial charge is 0.322 e. The summed E-state index contributed by atoms with van der Waals surface area (Å²) < 4.78 is 22.3. The second kappa shape index (κ2) is 6.26. The Morgan fingerprint density at radius 3 is 2.38 bits per heavy atom. The van der Waals surface area contributed by atoms with E-state index in [1.165, 1.54) is 24.3 Å². The number of benzene rings is 2. The number of rotatable bonds is 4. The van der Waals surface area contributed by atoms with E-state index in [4.69, 9.17) is 16.7 Å². The molecule has 0 spiro atoms. The lowest BCUT2D eigenvalue weighted by Gasteiger charge is -2.07. The second-order valence-corrected chi connectivity index (χ2v) is 6.19. The third kappa shape index (κ3) is 4.04. The number of halogens is 1. The van der Waals surface area contributed by atoms with Gasteiger partial charge in [0, 0.05) is 17.1 Å². The van der Waals surface area contributed by atoms with Gasteiger partial charge in [-0.15, -0.1) is 11.6 Å². The number of alkyl halides is 1. The lowest BCUT2D eigenvalue weighted by molar-refractivity contribution is 0.102. The molecule has 0 aliphatic carbocycles. The SMILES string of the molecule is NS(=O)(=O)c1ccc(NC(=O)c2cccc(CCl)c2)cc1. The van der Waals surface area contributed by atoms with Crippen LogP contribution in [0.1, 0.15) is 15.9 Å². The molecule has 2 aromatic carbocycles. The Labute approximate surface area is 127 Å². The Bertz CT molecular complexity index is 758. The van der Waals surface area contributed by atoms with Gasteiger partial charge in [-0.1, -0.05) is 12.1 Å². The molecule has 21 heavy (non-hydrogen) atoms. The molecule has 0 unspecified atom stereocenters. The Hall–Kier alpha value is -1.89. The molecule has 0 bridgehead atoms. The minimum absolute atomic E-state index is 0.00960. The number of carbonyl (C=O) groups excluding carboxylic acids is 1. The Balaban J connectivity index is 2.16. The van der Waals surface area contributed by atoms with Crippen LogP contribution < -0.4 is 10.5 Å². The topological polar surface area (TPSA) is 89.3 Å². The predicted octanol–water partition coefficient (Wildman–Crippen LogP) is 2.33. The molecule has 0 aliphatic rings. The number of sulfonamides is 1. The van der Waals surface area contributed by atoms with Gasteiger partial charge >= 0.3 is 0 Å². The van der Waals surface area contributed by atoms with Crippen molar-refractivity contribution in [1.29, 1.82) is 0 Å². The van der Waals surface area contributed by atoms with Gasteiger partial charge in [0.25, 0.3) is 5.91 Å². The first kappa shape index (κ1) is 15.5. The van der Waals surface area contributed by atoms with Crippen LogP contribution in [0.2, 0.25) is 0 Å². The first-order valence-corrected chi connectivity index (χ1v) is 8.07. The molecule has 0 fully saturated rings. The van der Waals surface area contributed by atoms with Crippen molar-refractivity contribution in [2.24, 2.45) is 5.14 Å². The zero-order valence-corrected chi connectivity index (χ0v) is 12.5. The number of nitrogens with two attached hydrogens (primary N) is 1. The van der Waals surface area contributed by atoms with Crippen LogP contribution in [0.3, 0.4) is 0 Å². The van der Waals surface area contributed by atoms with Crippen molar-refractivity contribution in [3.05, 3.63) is 59.7 Å². The number of amides is 1. The van der Waals surface area contributed by atoms with Crippen LogP contribution in [0.15, 0.2) is 53.4 Å². The van der Waals surface area contributed by atoms with Gasteiger partial charge in [0.15, 0.2) is 0 Å². The van der Waals surface area contributed by atoms with E-state index in [1.54, 1.807) is 18.2 Å². The van der Waals surface area contributed by atoms with E-state index in [2.05, 4.69) is 5.32 Å². The maximum atomic E-state index is 12.1. The monoisotopic (exact) mass is 324 g/mol. The number of primary sulfonamides is 1. The molecule has 0 saturated heterocycles. The van der Waals surface area contributed by atoms with Crippen molar-refractivity contribution in [3.8, 4) is 0 Å². The minimum atomic E-state index is -3.74. The number of carbonyl (C=O) groups is 1. The molecule has 2 rings (SSSR count). The summed E-state index contributed by atoms with van der Waals surface area (Å²) in [7, 11) is -3.74. The molecule has 3 N–H and O–H groups in total. The summed E-state index contributed by atoms with van der Waals surface area (Å²) in [5, 5.41) is 7.67. The third-order valence-electron chi connectivity index (χ3n) is 2.78. The quantitative estimate of drug-likeness (QED) is 0.846. The smallest absolute Gasteiger partial charge is 0.255 e. The van der Waals surface area contributed by atoms with Crippen LogP contribution in [0.4, 0.5) is 5.69 Å². The maximum Gasteiger partial charge on any atom is 0.255 e. The molecule has 5 nitrogen and oxygen atoms in total. The normalized spacial score (nSPS) is 11.1. The van der Waals surface area contributed by atoms with E-state index in [0.29, 0.717) is 17.1 Å². The van der Waals surface area contributed by atoms with Gasteiger partial charge in [0.05, 0.1) is 4.90 Å². The molecule has 0 radical (unpaired) electrons. The predicted molar refractivity (Wildman–Crippen MR) is 81.8 cm³/mol. The van der Waals surface area contributed by atoms with Crippen LogP contribution in [-0.4, -0.2) is 14.3 Å². The standard InChI is InChI=1S/C14H13ClN2O3S/c15-9-10-2-1-3-11(8-10)14(18)17-12-4-6-13(7-5-12)21(16,19)20/h1-8H,9H2,(H,17,18)(H2,16,19,20). The van der Waals surface area contributed by atoms with Gasteiger partial charge < -0.3 is 5.32 Å². The molecular weight excluding hydrogens is 312 g/mol.